The monoisotopic (exact) mass is 407 g/mol. The van der Waals surface area contributed by atoms with Crippen molar-refractivity contribution in [1.82, 2.24) is 14.8 Å². The molecule has 28 heavy (non-hydrogen) atoms. The van der Waals surface area contributed by atoms with Gasteiger partial charge < -0.3 is 14.5 Å². The van der Waals surface area contributed by atoms with Crippen LogP contribution in [-0.2, 0) is 34.3 Å². The van der Waals surface area contributed by atoms with Gasteiger partial charge in [-0.1, -0.05) is 25.1 Å². The van der Waals surface area contributed by atoms with E-state index < -0.39 is 16.1 Å². The fraction of sp³-hybridized carbons (Fsp3) is 0.474. The number of aromatic nitrogens is 1. The molecule has 1 atom stereocenters. The van der Waals surface area contributed by atoms with Gasteiger partial charge in [0.2, 0.25) is 10.0 Å². The van der Waals surface area contributed by atoms with Crippen LogP contribution in [0.3, 0.4) is 0 Å². The van der Waals surface area contributed by atoms with Crippen LogP contribution in [0.15, 0.2) is 33.7 Å². The Morgan fingerprint density at radius 2 is 2.07 bits per heavy atom. The van der Waals surface area contributed by atoms with E-state index in [-0.39, 0.29) is 23.3 Å². The second-order valence-corrected chi connectivity index (χ2v) is 9.15. The molecule has 9 heteroatoms. The zero-order valence-corrected chi connectivity index (χ0v) is 17.0. The van der Waals surface area contributed by atoms with Crippen molar-refractivity contribution in [2.45, 2.75) is 51.3 Å². The number of nitrogens with one attached hydrogen (secondary N) is 1. The summed E-state index contributed by atoms with van der Waals surface area (Å²) in [5.74, 6) is 0.174. The summed E-state index contributed by atoms with van der Waals surface area (Å²) in [6.07, 6.45) is -0.483. The first-order valence-corrected chi connectivity index (χ1v) is 10.7. The standard InChI is InChI=1S/C19H25N3O5S/c1-12(2)18(23)19(24)22-7-6-14-9-17(5-4-15(14)11-22)28(25,26)20-10-16-8-13(3)27-21-16/h4-5,8-9,12,18,20,23H,6-7,10-11H2,1-3H3/t18-/m1/s1. The van der Waals surface area contributed by atoms with Crippen LogP contribution in [0.4, 0.5) is 0 Å². The van der Waals surface area contributed by atoms with Crippen LogP contribution in [0.25, 0.3) is 0 Å². The van der Waals surface area contributed by atoms with Crippen LogP contribution in [0.1, 0.15) is 36.4 Å². The minimum absolute atomic E-state index is 0.0477. The molecule has 2 aromatic rings. The van der Waals surface area contributed by atoms with E-state index in [2.05, 4.69) is 9.88 Å². The van der Waals surface area contributed by atoms with Crippen molar-refractivity contribution < 1.29 is 22.8 Å². The number of hydrogen-bond acceptors (Lipinski definition) is 6. The maximum Gasteiger partial charge on any atom is 0.251 e. The number of rotatable bonds is 6. The second kappa shape index (κ2) is 8.02. The van der Waals surface area contributed by atoms with Gasteiger partial charge in [0.1, 0.15) is 11.9 Å². The summed E-state index contributed by atoms with van der Waals surface area (Å²) in [7, 11) is -3.69. The lowest BCUT2D eigenvalue weighted by Crippen LogP contribution is -2.44. The van der Waals surface area contributed by atoms with E-state index in [9.17, 15) is 18.3 Å². The molecular weight excluding hydrogens is 382 g/mol. The minimum atomic E-state index is -3.69. The molecule has 0 bridgehead atoms. The quantitative estimate of drug-likeness (QED) is 0.748. The third kappa shape index (κ3) is 4.43. The van der Waals surface area contributed by atoms with Gasteiger partial charge in [0.25, 0.3) is 5.91 Å². The smallest absolute Gasteiger partial charge is 0.251 e. The van der Waals surface area contributed by atoms with Crippen molar-refractivity contribution in [1.29, 1.82) is 0 Å². The zero-order valence-electron chi connectivity index (χ0n) is 16.2. The van der Waals surface area contributed by atoms with Gasteiger partial charge in [0, 0.05) is 19.2 Å². The first-order valence-electron chi connectivity index (χ1n) is 9.18. The molecular formula is C19H25N3O5S. The van der Waals surface area contributed by atoms with Gasteiger partial charge >= 0.3 is 0 Å². The van der Waals surface area contributed by atoms with Crippen molar-refractivity contribution in [3.05, 3.63) is 46.8 Å². The summed E-state index contributed by atoms with van der Waals surface area (Å²) in [6, 6.07) is 6.58. The minimum Gasteiger partial charge on any atom is -0.383 e. The highest BCUT2D eigenvalue weighted by molar-refractivity contribution is 7.89. The average molecular weight is 407 g/mol. The Labute approximate surface area is 164 Å². The summed E-state index contributed by atoms with van der Waals surface area (Å²) < 4.78 is 32.6. The van der Waals surface area contributed by atoms with Gasteiger partial charge in [-0.15, -0.1) is 0 Å². The van der Waals surface area contributed by atoms with Crippen molar-refractivity contribution in [2.75, 3.05) is 6.54 Å². The summed E-state index contributed by atoms with van der Waals surface area (Å²) in [5.41, 5.74) is 2.29. The molecule has 1 aliphatic rings. The largest absolute Gasteiger partial charge is 0.383 e. The van der Waals surface area contributed by atoms with Crippen LogP contribution in [-0.4, -0.2) is 42.1 Å². The van der Waals surface area contributed by atoms with Gasteiger partial charge in [0.05, 0.1) is 17.1 Å². The highest BCUT2D eigenvalue weighted by Crippen LogP contribution is 2.24. The molecule has 0 unspecified atom stereocenters. The third-order valence-corrected chi connectivity index (χ3v) is 6.22. The lowest BCUT2D eigenvalue weighted by molar-refractivity contribution is -0.143. The molecule has 0 aliphatic carbocycles. The van der Waals surface area contributed by atoms with E-state index in [1.54, 1.807) is 43.9 Å². The van der Waals surface area contributed by atoms with Crippen LogP contribution in [0.5, 0.6) is 0 Å². The Morgan fingerprint density at radius 1 is 1.32 bits per heavy atom. The summed E-state index contributed by atoms with van der Waals surface area (Å²) >= 11 is 0. The predicted octanol–water partition coefficient (Wildman–Crippen LogP) is 1.36. The molecule has 152 valence electrons. The molecule has 0 spiro atoms. The molecule has 2 N–H and O–H groups in total. The fourth-order valence-electron chi connectivity index (χ4n) is 3.11. The number of carbonyl (C=O) groups is 1. The number of aliphatic hydroxyl groups is 1. The van der Waals surface area contributed by atoms with Crippen LogP contribution >= 0.6 is 0 Å². The number of amides is 1. The molecule has 1 amide bonds. The Hall–Kier alpha value is -2.23. The average Bonchev–Trinajstić information content (AvgIpc) is 3.09. The lowest BCUT2D eigenvalue weighted by atomic mass is 9.98. The number of nitrogens with zero attached hydrogens (tertiary/aromatic N) is 2. The Morgan fingerprint density at radius 3 is 2.71 bits per heavy atom. The SMILES string of the molecule is Cc1cc(CNS(=O)(=O)c2ccc3c(c2)CCN(C(=O)[C@H](O)C(C)C)C3)no1. The van der Waals surface area contributed by atoms with E-state index >= 15 is 0 Å². The summed E-state index contributed by atoms with van der Waals surface area (Å²) in [4.78, 5) is 14.1. The summed E-state index contributed by atoms with van der Waals surface area (Å²) in [5, 5.41) is 13.8. The number of fused-ring (bicyclic) bond motifs is 1. The van der Waals surface area contributed by atoms with Crippen molar-refractivity contribution >= 4 is 15.9 Å². The zero-order chi connectivity index (χ0) is 20.5. The topological polar surface area (TPSA) is 113 Å². The molecule has 0 saturated carbocycles. The number of hydrogen-bond donors (Lipinski definition) is 2. The van der Waals surface area contributed by atoms with Crippen LogP contribution in [0, 0.1) is 12.8 Å². The number of benzene rings is 1. The molecule has 2 heterocycles. The van der Waals surface area contributed by atoms with Gasteiger partial charge in [0.15, 0.2) is 0 Å². The molecule has 0 saturated heterocycles. The van der Waals surface area contributed by atoms with E-state index in [0.717, 1.165) is 11.1 Å². The first kappa shape index (κ1) is 20.5. The van der Waals surface area contributed by atoms with Gasteiger partial charge in [-0.3, -0.25) is 4.79 Å². The van der Waals surface area contributed by atoms with Gasteiger partial charge in [-0.2, -0.15) is 0 Å². The maximum atomic E-state index is 12.6. The maximum absolute atomic E-state index is 12.6. The number of aryl methyl sites for hydroxylation is 1. The molecule has 0 radical (unpaired) electrons. The fourth-order valence-corrected chi connectivity index (χ4v) is 4.16. The Balaban J connectivity index is 1.71. The molecule has 1 aliphatic heterocycles. The number of sulfonamides is 1. The van der Waals surface area contributed by atoms with E-state index in [1.165, 1.54) is 6.07 Å². The normalized spacial score (nSPS) is 15.5. The number of aliphatic hydroxyl groups excluding tert-OH is 1. The molecule has 1 aromatic carbocycles. The van der Waals surface area contributed by atoms with Crippen molar-refractivity contribution in [3.63, 3.8) is 0 Å². The van der Waals surface area contributed by atoms with Crippen LogP contribution < -0.4 is 4.72 Å². The highest BCUT2D eigenvalue weighted by atomic mass is 32.2. The first-order chi connectivity index (χ1) is 13.2. The molecule has 0 fully saturated rings. The number of carbonyl (C=O) groups excluding carboxylic acids is 1. The summed E-state index contributed by atoms with van der Waals surface area (Å²) in [6.45, 7) is 6.19. The Kier molecular flexibility index (Phi) is 5.87. The van der Waals surface area contributed by atoms with Crippen molar-refractivity contribution in [3.8, 4) is 0 Å². The molecule has 8 nitrogen and oxygen atoms in total. The third-order valence-electron chi connectivity index (χ3n) is 4.82. The lowest BCUT2D eigenvalue weighted by Gasteiger charge is -2.31. The van der Waals surface area contributed by atoms with E-state index in [4.69, 9.17) is 4.52 Å². The van der Waals surface area contributed by atoms with Gasteiger partial charge in [-0.25, -0.2) is 13.1 Å². The second-order valence-electron chi connectivity index (χ2n) is 7.38. The van der Waals surface area contributed by atoms with E-state index in [1.807, 2.05) is 0 Å². The van der Waals surface area contributed by atoms with Gasteiger partial charge in [-0.05, 0) is 42.5 Å². The highest BCUT2D eigenvalue weighted by Gasteiger charge is 2.28. The van der Waals surface area contributed by atoms with Crippen LogP contribution in [0.2, 0.25) is 0 Å². The Bertz CT molecular complexity index is 968. The van der Waals surface area contributed by atoms with Crippen molar-refractivity contribution in [2.24, 2.45) is 5.92 Å². The van der Waals surface area contributed by atoms with E-state index in [0.29, 0.717) is 31.0 Å². The molecule has 1 aromatic heterocycles. The molecule has 3 rings (SSSR count). The predicted molar refractivity (Wildman–Crippen MR) is 102 cm³/mol.